The van der Waals surface area contributed by atoms with Gasteiger partial charge in [0.2, 0.25) is 0 Å². The molecule has 0 atom stereocenters. The fourth-order valence-electron chi connectivity index (χ4n) is 1.35. The van der Waals surface area contributed by atoms with Gasteiger partial charge < -0.3 is 4.18 Å². The topological polar surface area (TPSA) is 43.4 Å². The smallest absolute Gasteiger partial charge is 0.339 e. The zero-order valence-corrected chi connectivity index (χ0v) is 12.6. The van der Waals surface area contributed by atoms with Crippen molar-refractivity contribution in [3.63, 3.8) is 0 Å². The van der Waals surface area contributed by atoms with Gasteiger partial charge in [-0.25, -0.2) is 0 Å². The second-order valence-corrected chi connectivity index (χ2v) is 6.57. The Morgan fingerprint density at radius 3 is 2.00 bits per heavy atom. The molecule has 100 valence electrons. The Morgan fingerprint density at radius 2 is 1.47 bits per heavy atom. The van der Waals surface area contributed by atoms with E-state index in [-0.39, 0.29) is 20.7 Å². The van der Waals surface area contributed by atoms with Gasteiger partial charge in [-0.1, -0.05) is 23.2 Å². The molecule has 0 radical (unpaired) electrons. The van der Waals surface area contributed by atoms with Crippen LogP contribution >= 0.6 is 35.8 Å². The molecule has 0 unspecified atom stereocenters. The number of hydrogen-bond acceptors (Lipinski definition) is 4. The monoisotopic (exact) mass is 334 g/mol. The van der Waals surface area contributed by atoms with Crippen molar-refractivity contribution in [2.45, 2.75) is 9.79 Å². The maximum atomic E-state index is 12.0. The SMILES string of the molecule is O=S(=O)(Oc1ccc(S)cc1)c1cc(Cl)cc(Cl)c1. The third kappa shape index (κ3) is 3.79. The summed E-state index contributed by atoms with van der Waals surface area (Å²) >= 11 is 15.6. The number of hydrogen-bond donors (Lipinski definition) is 1. The lowest BCUT2D eigenvalue weighted by Gasteiger charge is -2.07. The van der Waals surface area contributed by atoms with E-state index in [9.17, 15) is 8.42 Å². The summed E-state index contributed by atoms with van der Waals surface area (Å²) in [5, 5.41) is 0.445. The van der Waals surface area contributed by atoms with Gasteiger partial charge in [0.25, 0.3) is 0 Å². The van der Waals surface area contributed by atoms with Crippen molar-refractivity contribution in [2.75, 3.05) is 0 Å². The molecule has 0 heterocycles. The molecule has 0 saturated carbocycles. The minimum Gasteiger partial charge on any atom is -0.379 e. The molecular formula is C12H8Cl2O3S2. The summed E-state index contributed by atoms with van der Waals surface area (Å²) in [6.07, 6.45) is 0. The summed E-state index contributed by atoms with van der Waals surface area (Å²) in [6, 6.07) is 10.2. The first-order valence-corrected chi connectivity index (χ1v) is 7.67. The van der Waals surface area contributed by atoms with Gasteiger partial charge in [0, 0.05) is 14.9 Å². The molecule has 3 nitrogen and oxygen atoms in total. The maximum Gasteiger partial charge on any atom is 0.339 e. The Kier molecular flexibility index (Phi) is 4.30. The molecule has 2 aromatic carbocycles. The molecule has 7 heteroatoms. The highest BCUT2D eigenvalue weighted by atomic mass is 35.5. The van der Waals surface area contributed by atoms with Gasteiger partial charge in [0.1, 0.15) is 10.6 Å². The summed E-state index contributed by atoms with van der Waals surface area (Å²) in [6.45, 7) is 0. The van der Waals surface area contributed by atoms with Crippen LogP contribution in [0.2, 0.25) is 10.0 Å². The van der Waals surface area contributed by atoms with Crippen molar-refractivity contribution in [1.82, 2.24) is 0 Å². The van der Waals surface area contributed by atoms with Gasteiger partial charge in [0.15, 0.2) is 0 Å². The van der Waals surface area contributed by atoms with Gasteiger partial charge in [-0.2, -0.15) is 8.42 Å². The summed E-state index contributed by atoms with van der Waals surface area (Å²) in [7, 11) is -3.97. The molecule has 0 N–H and O–H groups in total. The molecule has 0 amide bonds. The van der Waals surface area contributed by atoms with E-state index in [4.69, 9.17) is 27.4 Å². The summed E-state index contributed by atoms with van der Waals surface area (Å²) in [5.41, 5.74) is 0. The molecule has 0 bridgehead atoms. The Labute approximate surface area is 126 Å². The van der Waals surface area contributed by atoms with Crippen molar-refractivity contribution in [3.05, 3.63) is 52.5 Å². The third-order valence-corrected chi connectivity index (χ3v) is 4.13. The van der Waals surface area contributed by atoms with E-state index in [1.807, 2.05) is 0 Å². The van der Waals surface area contributed by atoms with Crippen LogP contribution in [0.3, 0.4) is 0 Å². The molecule has 0 aliphatic rings. The van der Waals surface area contributed by atoms with Crippen LogP contribution < -0.4 is 4.18 Å². The minimum atomic E-state index is -3.97. The van der Waals surface area contributed by atoms with Crippen LogP contribution in [0.25, 0.3) is 0 Å². The first kappa shape index (κ1) is 14.5. The Bertz CT molecular complexity index is 677. The molecule has 0 aliphatic carbocycles. The Hall–Kier alpha value is -0.880. The Balaban J connectivity index is 2.34. The summed E-state index contributed by atoms with van der Waals surface area (Å²) in [5.74, 6) is 0.189. The highest BCUT2D eigenvalue weighted by Gasteiger charge is 2.18. The van der Waals surface area contributed by atoms with Gasteiger partial charge >= 0.3 is 10.1 Å². The molecule has 0 spiro atoms. The van der Waals surface area contributed by atoms with Crippen LogP contribution in [-0.2, 0) is 10.1 Å². The van der Waals surface area contributed by atoms with Crippen molar-refractivity contribution in [1.29, 1.82) is 0 Å². The number of rotatable bonds is 3. The molecule has 0 saturated heterocycles. The molecule has 0 aromatic heterocycles. The van der Waals surface area contributed by atoms with E-state index in [1.165, 1.54) is 30.3 Å². The van der Waals surface area contributed by atoms with Crippen molar-refractivity contribution in [2.24, 2.45) is 0 Å². The van der Waals surface area contributed by atoms with E-state index in [2.05, 4.69) is 12.6 Å². The standard InChI is InChI=1S/C12H8Cl2O3S2/c13-8-5-9(14)7-12(6-8)19(15,16)17-10-1-3-11(18)4-2-10/h1-7,18H. The largest absolute Gasteiger partial charge is 0.379 e. The highest BCUT2D eigenvalue weighted by molar-refractivity contribution is 7.87. The normalized spacial score (nSPS) is 11.3. The van der Waals surface area contributed by atoms with E-state index in [0.29, 0.717) is 4.90 Å². The van der Waals surface area contributed by atoms with Gasteiger partial charge in [-0.15, -0.1) is 12.6 Å². The minimum absolute atomic E-state index is 0.0973. The van der Waals surface area contributed by atoms with E-state index >= 15 is 0 Å². The first-order valence-electron chi connectivity index (χ1n) is 5.06. The second-order valence-electron chi connectivity index (χ2n) is 3.64. The van der Waals surface area contributed by atoms with Crippen molar-refractivity contribution < 1.29 is 12.6 Å². The second kappa shape index (κ2) is 5.63. The molecule has 0 aliphatic heterocycles. The maximum absolute atomic E-state index is 12.0. The van der Waals surface area contributed by atoms with Crippen molar-refractivity contribution in [3.8, 4) is 5.75 Å². The lowest BCUT2D eigenvalue weighted by Crippen LogP contribution is -2.09. The summed E-state index contributed by atoms with van der Waals surface area (Å²) < 4.78 is 29.0. The number of thiol groups is 1. The van der Waals surface area contributed by atoms with Gasteiger partial charge in [-0.3, -0.25) is 0 Å². The van der Waals surface area contributed by atoms with Gasteiger partial charge in [0.05, 0.1) is 0 Å². The van der Waals surface area contributed by atoms with E-state index in [1.54, 1.807) is 12.1 Å². The predicted molar refractivity (Wildman–Crippen MR) is 78.0 cm³/mol. The predicted octanol–water partition coefficient (Wildman–Crippen LogP) is 4.05. The van der Waals surface area contributed by atoms with E-state index in [0.717, 1.165) is 0 Å². The van der Waals surface area contributed by atoms with Crippen LogP contribution in [0, 0.1) is 0 Å². The van der Waals surface area contributed by atoms with Crippen LogP contribution in [0.4, 0.5) is 0 Å². The van der Waals surface area contributed by atoms with Crippen LogP contribution in [0.15, 0.2) is 52.3 Å². The lowest BCUT2D eigenvalue weighted by atomic mass is 10.3. The first-order chi connectivity index (χ1) is 8.87. The average molecular weight is 335 g/mol. The molecular weight excluding hydrogens is 327 g/mol. The number of benzene rings is 2. The molecule has 0 fully saturated rings. The molecule has 19 heavy (non-hydrogen) atoms. The average Bonchev–Trinajstić information content (AvgIpc) is 2.31. The number of halogens is 2. The lowest BCUT2D eigenvalue weighted by molar-refractivity contribution is 0.486. The fraction of sp³-hybridized carbons (Fsp3) is 0. The quantitative estimate of drug-likeness (QED) is 0.680. The zero-order chi connectivity index (χ0) is 14.0. The highest BCUT2D eigenvalue weighted by Crippen LogP contribution is 2.25. The molecule has 2 aromatic rings. The van der Waals surface area contributed by atoms with Crippen LogP contribution in [0.1, 0.15) is 0 Å². The summed E-state index contributed by atoms with van der Waals surface area (Å²) in [4.78, 5) is 0.607. The van der Waals surface area contributed by atoms with Crippen LogP contribution in [-0.4, -0.2) is 8.42 Å². The van der Waals surface area contributed by atoms with Crippen molar-refractivity contribution >= 4 is 45.9 Å². The van der Waals surface area contributed by atoms with Gasteiger partial charge in [-0.05, 0) is 42.5 Å². The Morgan fingerprint density at radius 1 is 0.947 bits per heavy atom. The zero-order valence-electron chi connectivity index (χ0n) is 9.38. The fourth-order valence-corrected chi connectivity index (χ4v) is 3.16. The van der Waals surface area contributed by atoms with Crippen LogP contribution in [0.5, 0.6) is 5.75 Å². The molecule has 2 rings (SSSR count). The van der Waals surface area contributed by atoms with E-state index < -0.39 is 10.1 Å². The third-order valence-electron chi connectivity index (χ3n) is 2.17.